The zero-order valence-electron chi connectivity index (χ0n) is 11.1. The van der Waals surface area contributed by atoms with Crippen molar-refractivity contribution in [2.75, 3.05) is 0 Å². The summed E-state index contributed by atoms with van der Waals surface area (Å²) >= 11 is 0. The number of carbonyl (C=O) groups excluding carboxylic acids is 1. The first kappa shape index (κ1) is 14.1. The maximum absolute atomic E-state index is 12.8. The zero-order valence-corrected chi connectivity index (χ0v) is 11.1. The number of nitrogens with two attached hydrogens (primary N) is 1. The Kier molecular flexibility index (Phi) is 3.13. The summed E-state index contributed by atoms with van der Waals surface area (Å²) in [5.41, 5.74) is 5.23. The molecule has 1 heterocycles. The van der Waals surface area contributed by atoms with Crippen molar-refractivity contribution in [3.8, 4) is 5.69 Å². The second-order valence-electron chi connectivity index (χ2n) is 4.69. The van der Waals surface area contributed by atoms with E-state index in [-0.39, 0.29) is 11.4 Å². The third-order valence-electron chi connectivity index (χ3n) is 3.24. The Morgan fingerprint density at radius 1 is 1.09 bits per heavy atom. The molecule has 4 nitrogen and oxygen atoms in total. The van der Waals surface area contributed by atoms with Crippen molar-refractivity contribution in [3.05, 3.63) is 59.8 Å². The van der Waals surface area contributed by atoms with Crippen LogP contribution in [0.3, 0.4) is 0 Å². The number of rotatable bonds is 2. The summed E-state index contributed by atoms with van der Waals surface area (Å²) in [4.78, 5) is 11.5. The van der Waals surface area contributed by atoms with Crippen LogP contribution in [0, 0.1) is 0 Å². The normalized spacial score (nSPS) is 11.8. The van der Waals surface area contributed by atoms with E-state index in [1.54, 1.807) is 24.3 Å². The highest BCUT2D eigenvalue weighted by Gasteiger charge is 2.30. The third kappa shape index (κ3) is 2.30. The lowest BCUT2D eigenvalue weighted by molar-refractivity contribution is -0.137. The molecular formula is C15H10F3N3O. The lowest BCUT2D eigenvalue weighted by Gasteiger charge is -2.09. The third-order valence-corrected chi connectivity index (χ3v) is 3.24. The molecule has 0 atom stereocenters. The van der Waals surface area contributed by atoms with Gasteiger partial charge in [0.05, 0.1) is 16.8 Å². The van der Waals surface area contributed by atoms with E-state index in [2.05, 4.69) is 5.10 Å². The Morgan fingerprint density at radius 3 is 2.50 bits per heavy atom. The molecule has 22 heavy (non-hydrogen) atoms. The van der Waals surface area contributed by atoms with Gasteiger partial charge in [0, 0.05) is 5.39 Å². The van der Waals surface area contributed by atoms with Gasteiger partial charge in [0.25, 0.3) is 5.91 Å². The Balaban J connectivity index is 2.25. The molecule has 0 aliphatic carbocycles. The van der Waals surface area contributed by atoms with Crippen molar-refractivity contribution in [1.29, 1.82) is 0 Å². The Morgan fingerprint density at radius 2 is 1.82 bits per heavy atom. The molecule has 0 saturated heterocycles. The zero-order chi connectivity index (χ0) is 15.9. The van der Waals surface area contributed by atoms with Crippen molar-refractivity contribution in [2.45, 2.75) is 6.18 Å². The van der Waals surface area contributed by atoms with E-state index in [0.717, 1.165) is 12.1 Å². The van der Waals surface area contributed by atoms with Gasteiger partial charge < -0.3 is 5.73 Å². The molecule has 0 radical (unpaired) electrons. The van der Waals surface area contributed by atoms with Crippen molar-refractivity contribution >= 4 is 16.8 Å². The van der Waals surface area contributed by atoms with E-state index in [1.807, 2.05) is 0 Å². The number of aromatic nitrogens is 2. The van der Waals surface area contributed by atoms with E-state index >= 15 is 0 Å². The van der Waals surface area contributed by atoms with Gasteiger partial charge in [-0.05, 0) is 24.3 Å². The lowest BCUT2D eigenvalue weighted by atomic mass is 10.2. The first-order valence-electron chi connectivity index (χ1n) is 6.33. The molecule has 2 aromatic carbocycles. The van der Waals surface area contributed by atoms with Crippen LogP contribution in [0.4, 0.5) is 13.2 Å². The molecule has 112 valence electrons. The Bertz CT molecular complexity index is 868. The fourth-order valence-corrected chi connectivity index (χ4v) is 2.26. The second-order valence-corrected chi connectivity index (χ2v) is 4.69. The average molecular weight is 305 g/mol. The summed E-state index contributed by atoms with van der Waals surface area (Å²) in [6.45, 7) is 0. The molecule has 0 bridgehead atoms. The molecule has 1 amide bonds. The number of primary amides is 1. The van der Waals surface area contributed by atoms with Crippen LogP contribution >= 0.6 is 0 Å². The molecule has 0 spiro atoms. The number of benzene rings is 2. The fraction of sp³-hybridized carbons (Fsp3) is 0.0667. The number of alkyl halides is 3. The Labute approximate surface area is 123 Å². The number of hydrogen-bond donors (Lipinski definition) is 1. The smallest absolute Gasteiger partial charge is 0.364 e. The van der Waals surface area contributed by atoms with Crippen molar-refractivity contribution in [3.63, 3.8) is 0 Å². The van der Waals surface area contributed by atoms with Gasteiger partial charge >= 0.3 is 6.18 Å². The summed E-state index contributed by atoms with van der Waals surface area (Å²) in [6, 6.07) is 11.4. The van der Waals surface area contributed by atoms with Crippen LogP contribution in [0.5, 0.6) is 0 Å². The highest BCUT2D eigenvalue weighted by molar-refractivity contribution is 6.04. The predicted molar refractivity (Wildman–Crippen MR) is 74.6 cm³/mol. The van der Waals surface area contributed by atoms with E-state index in [4.69, 9.17) is 5.73 Å². The molecule has 0 saturated carbocycles. The highest BCUT2D eigenvalue weighted by atomic mass is 19.4. The van der Waals surface area contributed by atoms with Crippen LogP contribution in [0.1, 0.15) is 16.1 Å². The number of halogens is 3. The van der Waals surface area contributed by atoms with Crippen molar-refractivity contribution in [2.24, 2.45) is 5.73 Å². The van der Waals surface area contributed by atoms with Gasteiger partial charge in [0.2, 0.25) is 0 Å². The molecular weight excluding hydrogens is 295 g/mol. The molecule has 2 N–H and O–H groups in total. The van der Waals surface area contributed by atoms with E-state index < -0.39 is 17.6 Å². The minimum absolute atomic E-state index is 0.0213. The fourth-order valence-electron chi connectivity index (χ4n) is 2.26. The van der Waals surface area contributed by atoms with Crippen LogP contribution in [0.15, 0.2) is 48.5 Å². The molecule has 0 fully saturated rings. The summed E-state index contributed by atoms with van der Waals surface area (Å²) in [5, 5.41) is 4.55. The predicted octanol–water partition coefficient (Wildman–Crippen LogP) is 3.14. The second kappa shape index (κ2) is 4.87. The number of hydrogen-bond acceptors (Lipinski definition) is 2. The molecule has 1 aromatic heterocycles. The van der Waals surface area contributed by atoms with Crippen LogP contribution in [-0.2, 0) is 6.18 Å². The van der Waals surface area contributed by atoms with Gasteiger partial charge in [-0.15, -0.1) is 0 Å². The first-order valence-corrected chi connectivity index (χ1v) is 6.33. The number of carbonyl (C=O) groups is 1. The maximum Gasteiger partial charge on any atom is 0.416 e. The number of nitrogens with zero attached hydrogens (tertiary/aromatic N) is 2. The largest absolute Gasteiger partial charge is 0.416 e. The van der Waals surface area contributed by atoms with Crippen LogP contribution < -0.4 is 5.73 Å². The van der Waals surface area contributed by atoms with Gasteiger partial charge in [-0.3, -0.25) is 4.79 Å². The standard InChI is InChI=1S/C15H10F3N3O/c16-15(17,18)9-4-3-5-10(8-9)21-12-7-2-1-6-11(12)13(20-21)14(19)22/h1-8H,(H2,19,22). The molecule has 0 aliphatic rings. The quantitative estimate of drug-likeness (QED) is 0.790. The van der Waals surface area contributed by atoms with Gasteiger partial charge in [-0.25, -0.2) is 4.68 Å². The van der Waals surface area contributed by atoms with Gasteiger partial charge in [-0.1, -0.05) is 24.3 Å². The van der Waals surface area contributed by atoms with E-state index in [1.165, 1.54) is 16.8 Å². The van der Waals surface area contributed by atoms with E-state index in [0.29, 0.717) is 10.9 Å². The summed E-state index contributed by atoms with van der Waals surface area (Å²) in [7, 11) is 0. The van der Waals surface area contributed by atoms with Crippen molar-refractivity contribution < 1.29 is 18.0 Å². The first-order chi connectivity index (χ1) is 10.4. The van der Waals surface area contributed by atoms with E-state index in [9.17, 15) is 18.0 Å². The monoisotopic (exact) mass is 305 g/mol. The minimum atomic E-state index is -4.45. The molecule has 3 aromatic rings. The Hall–Kier alpha value is -2.83. The minimum Gasteiger partial charge on any atom is -0.364 e. The molecule has 0 unspecified atom stereocenters. The summed E-state index contributed by atoms with van der Waals surface area (Å²) in [5.74, 6) is -0.734. The number of fused-ring (bicyclic) bond motifs is 1. The van der Waals surface area contributed by atoms with Gasteiger partial charge in [-0.2, -0.15) is 18.3 Å². The topological polar surface area (TPSA) is 60.9 Å². The average Bonchev–Trinajstić information content (AvgIpc) is 2.86. The van der Waals surface area contributed by atoms with Crippen molar-refractivity contribution in [1.82, 2.24) is 9.78 Å². The molecule has 3 rings (SSSR count). The van der Waals surface area contributed by atoms with Gasteiger partial charge in [0.1, 0.15) is 0 Å². The molecule has 7 heteroatoms. The van der Waals surface area contributed by atoms with Crippen LogP contribution in [0.25, 0.3) is 16.6 Å². The summed E-state index contributed by atoms with van der Waals surface area (Å²) in [6.07, 6.45) is -4.45. The van der Waals surface area contributed by atoms with Gasteiger partial charge in [0.15, 0.2) is 5.69 Å². The number of para-hydroxylation sites is 1. The van der Waals surface area contributed by atoms with Crippen LogP contribution in [0.2, 0.25) is 0 Å². The lowest BCUT2D eigenvalue weighted by Crippen LogP contribution is -2.12. The SMILES string of the molecule is NC(=O)c1nn(-c2cccc(C(F)(F)F)c2)c2ccccc12. The number of amides is 1. The summed E-state index contributed by atoms with van der Waals surface area (Å²) < 4.78 is 39.8. The molecule has 0 aliphatic heterocycles. The maximum atomic E-state index is 12.8. The highest BCUT2D eigenvalue weighted by Crippen LogP contribution is 2.31. The van der Waals surface area contributed by atoms with Crippen LogP contribution in [-0.4, -0.2) is 15.7 Å².